The first kappa shape index (κ1) is 7.70. The third-order valence-electron chi connectivity index (χ3n) is 1.24. The number of phenolic OH excluding ortho intramolecular Hbond substituents is 1. The van der Waals surface area contributed by atoms with E-state index >= 15 is 0 Å². The fourth-order valence-electron chi connectivity index (χ4n) is 0.663. The van der Waals surface area contributed by atoms with Crippen molar-refractivity contribution < 1.29 is 5.11 Å². The van der Waals surface area contributed by atoms with Gasteiger partial charge in [0, 0.05) is 6.07 Å². The lowest BCUT2D eigenvalue weighted by molar-refractivity contribution is 0.478. The Hall–Kier alpha value is -1.40. The van der Waals surface area contributed by atoms with Gasteiger partial charge in [-0.05, 0) is 6.07 Å². The van der Waals surface area contributed by atoms with Crippen molar-refractivity contribution in [2.45, 2.75) is 0 Å². The topological polar surface area (TPSA) is 70.0 Å². The molecule has 4 heteroatoms. The first-order valence-electron chi connectivity index (χ1n) is 2.83. The monoisotopic (exact) mass is 168 g/mol. The Morgan fingerprint density at radius 3 is 2.73 bits per heavy atom. The van der Waals surface area contributed by atoms with E-state index in [1.54, 1.807) is 0 Å². The lowest BCUT2D eigenvalue weighted by atomic mass is 10.2. The Bertz CT molecular complexity index is 330. The summed E-state index contributed by atoms with van der Waals surface area (Å²) in [5.41, 5.74) is 5.70. The number of nitriles is 1. The van der Waals surface area contributed by atoms with Gasteiger partial charge in [0.1, 0.15) is 11.8 Å². The van der Waals surface area contributed by atoms with Crippen LogP contribution in [0.2, 0.25) is 5.02 Å². The molecular formula is C7H5ClN2O. The van der Waals surface area contributed by atoms with Crippen LogP contribution in [0.4, 0.5) is 5.69 Å². The second-order valence-corrected chi connectivity index (χ2v) is 2.41. The van der Waals surface area contributed by atoms with Crippen molar-refractivity contribution in [3.63, 3.8) is 0 Å². The number of benzene rings is 1. The molecule has 0 bridgehead atoms. The molecule has 0 saturated heterocycles. The van der Waals surface area contributed by atoms with E-state index in [0.717, 1.165) is 0 Å². The first-order valence-corrected chi connectivity index (χ1v) is 3.21. The summed E-state index contributed by atoms with van der Waals surface area (Å²) >= 11 is 5.59. The molecule has 0 spiro atoms. The van der Waals surface area contributed by atoms with Gasteiger partial charge >= 0.3 is 0 Å². The lowest BCUT2D eigenvalue weighted by Crippen LogP contribution is -1.87. The molecule has 1 rings (SSSR count). The van der Waals surface area contributed by atoms with Crippen LogP contribution in [0.15, 0.2) is 12.1 Å². The van der Waals surface area contributed by atoms with E-state index in [-0.39, 0.29) is 22.0 Å². The maximum Gasteiger partial charge on any atom is 0.139 e. The molecular weight excluding hydrogens is 164 g/mol. The van der Waals surface area contributed by atoms with Gasteiger partial charge in [-0.25, -0.2) is 0 Å². The van der Waals surface area contributed by atoms with Crippen LogP contribution in [0.1, 0.15) is 5.56 Å². The highest BCUT2D eigenvalue weighted by Crippen LogP contribution is 2.27. The molecule has 56 valence electrons. The van der Waals surface area contributed by atoms with Gasteiger partial charge in [-0.1, -0.05) is 11.6 Å². The Labute approximate surface area is 68.6 Å². The third-order valence-corrected chi connectivity index (χ3v) is 1.55. The number of halogens is 1. The lowest BCUT2D eigenvalue weighted by Gasteiger charge is -1.99. The molecule has 3 nitrogen and oxygen atoms in total. The van der Waals surface area contributed by atoms with Crippen molar-refractivity contribution in [2.24, 2.45) is 0 Å². The van der Waals surface area contributed by atoms with Gasteiger partial charge in [-0.3, -0.25) is 0 Å². The SMILES string of the molecule is N#Cc1cc(O)c(N)cc1Cl. The Balaban J connectivity index is 3.35. The van der Waals surface area contributed by atoms with Crippen LogP contribution < -0.4 is 5.73 Å². The van der Waals surface area contributed by atoms with Crippen LogP contribution in [0, 0.1) is 11.3 Å². The number of hydrogen-bond acceptors (Lipinski definition) is 3. The van der Waals surface area contributed by atoms with E-state index in [4.69, 9.17) is 27.7 Å². The smallest absolute Gasteiger partial charge is 0.139 e. The van der Waals surface area contributed by atoms with Crippen molar-refractivity contribution in [3.05, 3.63) is 22.7 Å². The molecule has 1 aromatic rings. The second-order valence-electron chi connectivity index (χ2n) is 2.00. The van der Waals surface area contributed by atoms with Gasteiger partial charge in [0.05, 0.1) is 16.3 Å². The van der Waals surface area contributed by atoms with E-state index in [2.05, 4.69) is 0 Å². The highest BCUT2D eigenvalue weighted by atomic mass is 35.5. The number of rotatable bonds is 0. The van der Waals surface area contributed by atoms with Crippen LogP contribution in [0.3, 0.4) is 0 Å². The van der Waals surface area contributed by atoms with Crippen molar-refractivity contribution >= 4 is 17.3 Å². The quantitative estimate of drug-likeness (QED) is 0.456. The van der Waals surface area contributed by atoms with Gasteiger partial charge in [0.25, 0.3) is 0 Å². The maximum atomic E-state index is 9.02. The minimum absolute atomic E-state index is 0.119. The molecule has 0 aromatic heterocycles. The van der Waals surface area contributed by atoms with Crippen molar-refractivity contribution in [1.29, 1.82) is 5.26 Å². The highest BCUT2D eigenvalue weighted by molar-refractivity contribution is 6.32. The molecule has 0 fully saturated rings. The number of nitrogen functional groups attached to an aromatic ring is 1. The minimum Gasteiger partial charge on any atom is -0.506 e. The number of nitrogens with zero attached hydrogens (tertiary/aromatic N) is 1. The van der Waals surface area contributed by atoms with Crippen LogP contribution >= 0.6 is 11.6 Å². The van der Waals surface area contributed by atoms with Crippen molar-refractivity contribution in [3.8, 4) is 11.8 Å². The summed E-state index contributed by atoms with van der Waals surface area (Å²) in [6.45, 7) is 0. The number of aromatic hydroxyl groups is 1. The van der Waals surface area contributed by atoms with Crippen LogP contribution in [0.25, 0.3) is 0 Å². The summed E-state index contributed by atoms with van der Waals surface area (Å²) in [5, 5.41) is 17.7. The molecule has 0 aliphatic carbocycles. The zero-order chi connectivity index (χ0) is 8.43. The molecule has 0 radical (unpaired) electrons. The van der Waals surface area contributed by atoms with E-state index in [9.17, 15) is 0 Å². The van der Waals surface area contributed by atoms with Crippen LogP contribution in [-0.2, 0) is 0 Å². The summed E-state index contributed by atoms with van der Waals surface area (Å²) in [6, 6.07) is 4.39. The zero-order valence-corrected chi connectivity index (χ0v) is 6.26. The van der Waals surface area contributed by atoms with Gasteiger partial charge in [-0.2, -0.15) is 5.26 Å². The fraction of sp³-hybridized carbons (Fsp3) is 0. The molecule has 0 aliphatic heterocycles. The number of hydrogen-bond donors (Lipinski definition) is 2. The molecule has 0 aliphatic rings. The molecule has 0 atom stereocenters. The molecule has 0 amide bonds. The first-order chi connectivity index (χ1) is 5.15. The summed E-state index contributed by atoms with van der Waals surface area (Å²) < 4.78 is 0. The molecule has 0 saturated carbocycles. The van der Waals surface area contributed by atoms with E-state index in [0.29, 0.717) is 0 Å². The van der Waals surface area contributed by atoms with Gasteiger partial charge in [0.15, 0.2) is 0 Å². The molecule has 1 aromatic carbocycles. The standard InChI is InChI=1S/C7H5ClN2O/c8-5-2-6(10)7(11)1-4(5)3-9/h1-2,11H,10H2. The zero-order valence-electron chi connectivity index (χ0n) is 5.50. The van der Waals surface area contributed by atoms with E-state index in [1.165, 1.54) is 12.1 Å². The van der Waals surface area contributed by atoms with Crippen LogP contribution in [0.5, 0.6) is 5.75 Å². The summed E-state index contributed by atoms with van der Waals surface area (Å²) in [5.74, 6) is -0.119. The predicted molar refractivity (Wildman–Crippen MR) is 42.2 cm³/mol. The summed E-state index contributed by atoms with van der Waals surface area (Å²) in [6.07, 6.45) is 0. The third kappa shape index (κ3) is 1.36. The fourth-order valence-corrected chi connectivity index (χ4v) is 0.877. The minimum atomic E-state index is -0.119. The number of anilines is 1. The van der Waals surface area contributed by atoms with Gasteiger partial charge in [-0.15, -0.1) is 0 Å². The Morgan fingerprint density at radius 1 is 1.55 bits per heavy atom. The molecule has 3 N–H and O–H groups in total. The molecule has 0 unspecified atom stereocenters. The largest absolute Gasteiger partial charge is 0.506 e. The van der Waals surface area contributed by atoms with Crippen molar-refractivity contribution in [1.82, 2.24) is 0 Å². The van der Waals surface area contributed by atoms with Gasteiger partial charge < -0.3 is 10.8 Å². The molecule has 11 heavy (non-hydrogen) atoms. The van der Waals surface area contributed by atoms with Gasteiger partial charge in [0.2, 0.25) is 0 Å². The highest BCUT2D eigenvalue weighted by Gasteiger charge is 2.03. The Kier molecular flexibility index (Phi) is 1.88. The Morgan fingerprint density at radius 2 is 2.18 bits per heavy atom. The maximum absolute atomic E-state index is 9.02. The normalized spacial score (nSPS) is 9.09. The number of phenols is 1. The van der Waals surface area contributed by atoms with Crippen molar-refractivity contribution in [2.75, 3.05) is 5.73 Å². The summed E-state index contributed by atoms with van der Waals surface area (Å²) in [4.78, 5) is 0. The van der Waals surface area contributed by atoms with Crippen LogP contribution in [-0.4, -0.2) is 5.11 Å². The van der Waals surface area contributed by atoms with E-state index in [1.807, 2.05) is 6.07 Å². The molecule has 0 heterocycles. The summed E-state index contributed by atoms with van der Waals surface area (Å²) in [7, 11) is 0. The average molecular weight is 169 g/mol. The number of nitrogens with two attached hydrogens (primary N) is 1. The predicted octanol–water partition coefficient (Wildman–Crippen LogP) is 1.50. The average Bonchev–Trinajstić information content (AvgIpc) is 1.97. The van der Waals surface area contributed by atoms with E-state index < -0.39 is 0 Å². The second kappa shape index (κ2) is 2.69.